The van der Waals surface area contributed by atoms with Crippen molar-refractivity contribution in [2.45, 2.75) is 22.5 Å². The Balaban J connectivity index is 2.81. The molecule has 0 radical (unpaired) electrons. The molecule has 1 N–H and O–H groups in total. The summed E-state index contributed by atoms with van der Waals surface area (Å²) in [5.74, 6) is -4.48. The third-order valence-corrected chi connectivity index (χ3v) is 6.91. The highest BCUT2D eigenvalue weighted by Gasteiger charge is 2.85. The number of ether oxygens (including phenoxy) is 2. The summed E-state index contributed by atoms with van der Waals surface area (Å²) in [5, 5.41) is 9.46. The Hall–Kier alpha value is 0.290. The van der Waals surface area contributed by atoms with Crippen LogP contribution in [0.2, 0.25) is 0 Å². The Labute approximate surface area is 130 Å². The van der Waals surface area contributed by atoms with E-state index >= 15 is 0 Å². The van der Waals surface area contributed by atoms with Crippen LogP contribution in [-0.2, 0) is 14.3 Å². The van der Waals surface area contributed by atoms with Crippen molar-refractivity contribution in [3.05, 3.63) is 10.1 Å². The van der Waals surface area contributed by atoms with Crippen molar-refractivity contribution in [2.75, 3.05) is 14.2 Å². The highest BCUT2D eigenvalue weighted by molar-refractivity contribution is 6.52. The molecule has 0 aromatic rings. The van der Waals surface area contributed by atoms with E-state index in [4.69, 9.17) is 55.9 Å². The van der Waals surface area contributed by atoms with Crippen LogP contribution in [0, 0.1) is 11.8 Å². The molecule has 1 saturated carbocycles. The molecule has 19 heavy (non-hydrogen) atoms. The second kappa shape index (κ2) is 4.39. The van der Waals surface area contributed by atoms with E-state index in [9.17, 15) is 9.90 Å². The van der Waals surface area contributed by atoms with E-state index in [2.05, 4.69) is 0 Å². The molecule has 8 heteroatoms. The third kappa shape index (κ3) is 1.34. The van der Waals surface area contributed by atoms with Gasteiger partial charge in [-0.3, -0.25) is 4.79 Å². The summed E-state index contributed by atoms with van der Waals surface area (Å²) in [7, 11) is 2.66. The van der Waals surface area contributed by atoms with Gasteiger partial charge in [0.15, 0.2) is 4.87 Å². The number of hydrogen-bond acceptors (Lipinski definition) is 3. The number of aliphatic carboxylic acids is 1. The van der Waals surface area contributed by atoms with Crippen LogP contribution in [0.3, 0.4) is 0 Å². The molecule has 0 saturated heterocycles. The topological polar surface area (TPSA) is 55.8 Å². The number of carboxylic acids is 1. The summed E-state index contributed by atoms with van der Waals surface area (Å²) < 4.78 is 10.7. The minimum atomic E-state index is -1.66. The SMILES string of the molecule is COC1(OC)C2(Cl)C(Cl)=C(Cl)C1(Cl)[C@@H](C(=O)O)[C@H]2C. The molecule has 2 rings (SSSR count). The molecule has 0 amide bonds. The van der Waals surface area contributed by atoms with Crippen molar-refractivity contribution in [3.8, 4) is 0 Å². The second-order valence-electron chi connectivity index (χ2n) is 4.68. The first-order valence-electron chi connectivity index (χ1n) is 5.44. The highest BCUT2D eigenvalue weighted by Crippen LogP contribution is 2.73. The Kier molecular flexibility index (Phi) is 3.62. The normalized spacial score (nSPS) is 43.9. The van der Waals surface area contributed by atoms with Crippen LogP contribution < -0.4 is 0 Å². The summed E-state index contributed by atoms with van der Waals surface area (Å²) in [6.07, 6.45) is 0. The van der Waals surface area contributed by atoms with Crippen LogP contribution in [0.5, 0.6) is 0 Å². The van der Waals surface area contributed by atoms with Crippen LogP contribution in [-0.4, -0.2) is 40.8 Å². The lowest BCUT2D eigenvalue weighted by Gasteiger charge is -2.41. The number of rotatable bonds is 3. The summed E-state index contributed by atoms with van der Waals surface area (Å²) in [6.45, 7) is 1.63. The van der Waals surface area contributed by atoms with Crippen molar-refractivity contribution < 1.29 is 19.4 Å². The first-order chi connectivity index (χ1) is 8.66. The summed E-state index contributed by atoms with van der Waals surface area (Å²) in [6, 6.07) is 0. The van der Waals surface area contributed by atoms with Gasteiger partial charge in [-0.1, -0.05) is 30.1 Å². The number of carboxylic acid groups (broad SMARTS) is 1. The maximum atomic E-state index is 11.5. The van der Waals surface area contributed by atoms with Gasteiger partial charge in [0.25, 0.3) is 0 Å². The Morgan fingerprint density at radius 2 is 1.58 bits per heavy atom. The lowest BCUT2D eigenvalue weighted by atomic mass is 9.83. The van der Waals surface area contributed by atoms with Crippen molar-refractivity contribution in [2.24, 2.45) is 11.8 Å². The van der Waals surface area contributed by atoms with Crippen LogP contribution in [0.25, 0.3) is 0 Å². The largest absolute Gasteiger partial charge is 0.481 e. The molecule has 0 spiro atoms. The minimum Gasteiger partial charge on any atom is -0.481 e. The zero-order valence-electron chi connectivity index (χ0n) is 10.3. The monoisotopic (exact) mass is 348 g/mol. The van der Waals surface area contributed by atoms with Crippen LogP contribution in [0.15, 0.2) is 10.1 Å². The zero-order chi connectivity index (χ0) is 14.8. The maximum Gasteiger partial charge on any atom is 0.309 e. The standard InChI is InChI=1S/C11H12Cl4O4/c1-4-5(8(16)17)10(15)7(13)6(12)9(4,14)11(10,18-2)19-3/h4-5H,1-3H3,(H,16,17)/t4-,5-,9?,10?/m1/s1. The van der Waals surface area contributed by atoms with Crippen molar-refractivity contribution >= 4 is 52.4 Å². The van der Waals surface area contributed by atoms with E-state index in [1.807, 2.05) is 0 Å². The van der Waals surface area contributed by atoms with E-state index < -0.39 is 33.3 Å². The molecule has 4 nitrogen and oxygen atoms in total. The van der Waals surface area contributed by atoms with E-state index in [1.54, 1.807) is 6.92 Å². The fraction of sp³-hybridized carbons (Fsp3) is 0.727. The third-order valence-electron chi connectivity index (χ3n) is 4.19. The van der Waals surface area contributed by atoms with Gasteiger partial charge in [-0.15, -0.1) is 23.2 Å². The van der Waals surface area contributed by atoms with E-state index in [0.29, 0.717) is 0 Å². The smallest absolute Gasteiger partial charge is 0.309 e. The van der Waals surface area contributed by atoms with Gasteiger partial charge in [0, 0.05) is 20.1 Å². The molecule has 4 atom stereocenters. The van der Waals surface area contributed by atoms with Gasteiger partial charge in [-0.2, -0.15) is 0 Å². The number of fused-ring (bicyclic) bond motifs is 2. The van der Waals surface area contributed by atoms with Gasteiger partial charge < -0.3 is 14.6 Å². The average molecular weight is 350 g/mol. The Morgan fingerprint density at radius 1 is 1.16 bits per heavy atom. The predicted octanol–water partition coefficient (Wildman–Crippen LogP) is 2.98. The quantitative estimate of drug-likeness (QED) is 0.628. The molecule has 2 unspecified atom stereocenters. The van der Waals surface area contributed by atoms with E-state index in [-0.39, 0.29) is 10.1 Å². The Morgan fingerprint density at radius 3 is 1.89 bits per heavy atom. The molecule has 2 bridgehead atoms. The fourth-order valence-electron chi connectivity index (χ4n) is 3.35. The predicted molar refractivity (Wildman–Crippen MR) is 72.9 cm³/mol. The van der Waals surface area contributed by atoms with Gasteiger partial charge in [0.1, 0.15) is 4.87 Å². The molecule has 0 heterocycles. The van der Waals surface area contributed by atoms with Gasteiger partial charge in [-0.25, -0.2) is 0 Å². The summed E-state index contributed by atoms with van der Waals surface area (Å²) >= 11 is 25.4. The molecular weight excluding hydrogens is 338 g/mol. The first kappa shape index (κ1) is 15.7. The van der Waals surface area contributed by atoms with Crippen LogP contribution >= 0.6 is 46.4 Å². The molecule has 108 valence electrons. The zero-order valence-corrected chi connectivity index (χ0v) is 13.4. The maximum absolute atomic E-state index is 11.5. The summed E-state index contributed by atoms with van der Waals surface area (Å²) in [4.78, 5) is 8.43. The van der Waals surface area contributed by atoms with Crippen LogP contribution in [0.1, 0.15) is 6.92 Å². The number of methoxy groups -OCH3 is 2. The average Bonchev–Trinajstić information content (AvgIpc) is 2.58. The van der Waals surface area contributed by atoms with E-state index in [0.717, 1.165) is 0 Å². The van der Waals surface area contributed by atoms with Crippen molar-refractivity contribution in [1.29, 1.82) is 0 Å². The molecule has 0 aromatic carbocycles. The number of carbonyl (C=O) groups is 1. The number of alkyl halides is 2. The molecular formula is C11H12Cl4O4. The number of hydrogen-bond donors (Lipinski definition) is 1. The van der Waals surface area contributed by atoms with Gasteiger partial charge >= 0.3 is 5.97 Å². The fourth-order valence-corrected chi connectivity index (χ4v) is 5.54. The van der Waals surface area contributed by atoms with Crippen LogP contribution in [0.4, 0.5) is 0 Å². The molecule has 2 aliphatic carbocycles. The second-order valence-corrected chi connectivity index (χ2v) is 6.63. The molecule has 0 aromatic heterocycles. The molecule has 2 aliphatic rings. The molecule has 0 aliphatic heterocycles. The van der Waals surface area contributed by atoms with Crippen molar-refractivity contribution in [3.63, 3.8) is 0 Å². The molecule has 1 fully saturated rings. The van der Waals surface area contributed by atoms with Gasteiger partial charge in [-0.05, 0) is 0 Å². The van der Waals surface area contributed by atoms with E-state index in [1.165, 1.54) is 14.2 Å². The van der Waals surface area contributed by atoms with Gasteiger partial charge in [0.2, 0.25) is 5.79 Å². The van der Waals surface area contributed by atoms with Gasteiger partial charge in [0.05, 0.1) is 16.0 Å². The van der Waals surface area contributed by atoms with Crippen molar-refractivity contribution in [1.82, 2.24) is 0 Å². The minimum absolute atomic E-state index is 0.0416. The first-order valence-corrected chi connectivity index (χ1v) is 6.95. The number of halogens is 4. The lowest BCUT2D eigenvalue weighted by molar-refractivity contribution is -0.220. The lowest BCUT2D eigenvalue weighted by Crippen LogP contribution is -2.57. The summed E-state index contributed by atoms with van der Waals surface area (Å²) in [5.41, 5.74) is 0. The highest BCUT2D eigenvalue weighted by atomic mass is 35.5. The Bertz CT molecular complexity index is 475.